The van der Waals surface area contributed by atoms with Crippen molar-refractivity contribution in [2.45, 2.75) is 25.3 Å². The molecule has 1 N–H and O–H groups in total. The van der Waals surface area contributed by atoms with Crippen LogP contribution >= 0.6 is 0 Å². The average Bonchev–Trinajstić information content (AvgIpc) is 2.56. The molecular weight excluding hydrogens is 297 g/mol. The van der Waals surface area contributed by atoms with Gasteiger partial charge in [-0.1, -0.05) is 0 Å². The molecule has 2 aliphatic rings. The van der Waals surface area contributed by atoms with Crippen LogP contribution in [0.2, 0.25) is 0 Å². The number of hydrogen-bond acceptors (Lipinski definition) is 3. The highest BCUT2D eigenvalue weighted by Crippen LogP contribution is 2.30. The van der Waals surface area contributed by atoms with Gasteiger partial charge in [0.25, 0.3) is 0 Å². The second kappa shape index (κ2) is 6.74. The van der Waals surface area contributed by atoms with E-state index in [1.54, 1.807) is 0 Å². The molecule has 0 radical (unpaired) electrons. The third kappa shape index (κ3) is 3.42. The Morgan fingerprint density at radius 3 is 2.96 bits per heavy atom. The highest BCUT2D eigenvalue weighted by atomic mass is 19.1. The summed E-state index contributed by atoms with van der Waals surface area (Å²) in [7, 11) is 3.64. The standard InChI is InChI=1S/C17H24FN3O2/c1-20-8-3-4-12-11-21(9-7-15(12)20)17(22)19-14-6-5-13(18)10-16(14)23-2/h5-6,10,12,15H,3-4,7-9,11H2,1-2H3,(H,19,22). The van der Waals surface area contributed by atoms with Crippen LogP contribution in [0, 0.1) is 11.7 Å². The van der Waals surface area contributed by atoms with Gasteiger partial charge < -0.3 is 19.9 Å². The Kier molecular flexibility index (Phi) is 4.71. The number of fused-ring (bicyclic) bond motifs is 1. The van der Waals surface area contributed by atoms with Gasteiger partial charge in [-0.2, -0.15) is 0 Å². The molecule has 126 valence electrons. The molecule has 0 aromatic heterocycles. The predicted octanol–water partition coefficient (Wildman–Crippen LogP) is 2.78. The van der Waals surface area contributed by atoms with E-state index in [0.29, 0.717) is 23.4 Å². The van der Waals surface area contributed by atoms with Crippen LogP contribution < -0.4 is 10.1 Å². The quantitative estimate of drug-likeness (QED) is 0.911. The first kappa shape index (κ1) is 16.1. The molecule has 1 aromatic carbocycles. The lowest BCUT2D eigenvalue weighted by molar-refractivity contribution is 0.0542. The van der Waals surface area contributed by atoms with E-state index in [1.807, 2.05) is 4.90 Å². The Balaban J connectivity index is 1.65. The lowest BCUT2D eigenvalue weighted by atomic mass is 9.84. The molecule has 6 heteroatoms. The lowest BCUT2D eigenvalue weighted by Gasteiger charge is -2.45. The molecule has 0 spiro atoms. The molecule has 0 aliphatic carbocycles. The summed E-state index contributed by atoms with van der Waals surface area (Å²) in [4.78, 5) is 16.8. The summed E-state index contributed by atoms with van der Waals surface area (Å²) < 4.78 is 18.4. The molecule has 2 saturated heterocycles. The maximum atomic E-state index is 13.2. The Labute approximate surface area is 136 Å². The normalized spacial score (nSPS) is 24.9. The van der Waals surface area contributed by atoms with Gasteiger partial charge in [-0.15, -0.1) is 0 Å². The van der Waals surface area contributed by atoms with E-state index in [-0.39, 0.29) is 11.8 Å². The number of carbonyl (C=O) groups is 1. The first-order valence-corrected chi connectivity index (χ1v) is 8.18. The largest absolute Gasteiger partial charge is 0.494 e. The summed E-state index contributed by atoms with van der Waals surface area (Å²) in [5, 5.41) is 2.85. The number of piperidine rings is 2. The molecular formula is C17H24FN3O2. The maximum Gasteiger partial charge on any atom is 0.321 e. The third-order valence-corrected chi connectivity index (χ3v) is 5.04. The number of anilines is 1. The van der Waals surface area contributed by atoms with Crippen LogP contribution in [0.25, 0.3) is 0 Å². The van der Waals surface area contributed by atoms with E-state index in [0.717, 1.165) is 26.1 Å². The van der Waals surface area contributed by atoms with E-state index in [9.17, 15) is 9.18 Å². The number of ether oxygens (including phenoxy) is 1. The van der Waals surface area contributed by atoms with E-state index in [1.165, 1.54) is 38.2 Å². The number of hydrogen-bond donors (Lipinski definition) is 1. The number of likely N-dealkylation sites (tertiary alicyclic amines) is 2. The lowest BCUT2D eigenvalue weighted by Crippen LogP contribution is -2.54. The number of carbonyl (C=O) groups excluding carboxylic acids is 1. The minimum absolute atomic E-state index is 0.137. The van der Waals surface area contributed by atoms with Gasteiger partial charge in [0.1, 0.15) is 11.6 Å². The molecule has 2 amide bonds. The number of urea groups is 1. The zero-order chi connectivity index (χ0) is 16.4. The number of rotatable bonds is 2. The molecule has 2 heterocycles. The Hall–Kier alpha value is -1.82. The molecule has 0 bridgehead atoms. The van der Waals surface area contributed by atoms with E-state index < -0.39 is 0 Å². The molecule has 1 aromatic rings. The van der Waals surface area contributed by atoms with Crippen molar-refractivity contribution in [1.82, 2.24) is 9.80 Å². The van der Waals surface area contributed by atoms with Crippen LogP contribution in [0.5, 0.6) is 5.75 Å². The van der Waals surface area contributed by atoms with Crippen molar-refractivity contribution in [1.29, 1.82) is 0 Å². The molecule has 2 unspecified atom stereocenters. The van der Waals surface area contributed by atoms with Gasteiger partial charge in [-0.3, -0.25) is 0 Å². The number of nitrogens with one attached hydrogen (secondary N) is 1. The fraction of sp³-hybridized carbons (Fsp3) is 0.588. The zero-order valence-corrected chi connectivity index (χ0v) is 13.7. The summed E-state index contributed by atoms with van der Waals surface area (Å²) in [6, 6.07) is 4.58. The predicted molar refractivity (Wildman–Crippen MR) is 87.3 cm³/mol. The van der Waals surface area contributed by atoms with Gasteiger partial charge in [0.05, 0.1) is 12.8 Å². The summed E-state index contributed by atoms with van der Waals surface area (Å²) in [6.07, 6.45) is 3.38. The second-order valence-corrected chi connectivity index (χ2v) is 6.46. The smallest absolute Gasteiger partial charge is 0.321 e. The Morgan fingerprint density at radius 1 is 1.35 bits per heavy atom. The van der Waals surface area contributed by atoms with Gasteiger partial charge in [-0.25, -0.2) is 9.18 Å². The summed E-state index contributed by atoms with van der Waals surface area (Å²) in [6.45, 7) is 2.69. The van der Waals surface area contributed by atoms with Crippen LogP contribution in [-0.2, 0) is 0 Å². The topological polar surface area (TPSA) is 44.8 Å². The minimum atomic E-state index is -0.383. The molecule has 23 heavy (non-hydrogen) atoms. The highest BCUT2D eigenvalue weighted by Gasteiger charge is 2.35. The Bertz CT molecular complexity index is 581. The first-order chi connectivity index (χ1) is 11.1. The van der Waals surface area contributed by atoms with Crippen LogP contribution in [0.3, 0.4) is 0 Å². The van der Waals surface area contributed by atoms with Crippen molar-refractivity contribution < 1.29 is 13.9 Å². The summed E-state index contributed by atoms with van der Waals surface area (Å²) in [5.41, 5.74) is 0.502. The van der Waals surface area contributed by atoms with Crippen molar-refractivity contribution in [3.8, 4) is 5.75 Å². The molecule has 3 rings (SSSR count). The van der Waals surface area contributed by atoms with Crippen LogP contribution in [0.1, 0.15) is 19.3 Å². The first-order valence-electron chi connectivity index (χ1n) is 8.18. The van der Waals surface area contributed by atoms with Gasteiger partial charge in [0.15, 0.2) is 0 Å². The van der Waals surface area contributed by atoms with Crippen molar-refractivity contribution in [2.24, 2.45) is 5.92 Å². The van der Waals surface area contributed by atoms with Crippen molar-refractivity contribution in [3.63, 3.8) is 0 Å². The van der Waals surface area contributed by atoms with Crippen molar-refractivity contribution in [3.05, 3.63) is 24.0 Å². The number of methoxy groups -OCH3 is 1. The van der Waals surface area contributed by atoms with Gasteiger partial charge in [-0.05, 0) is 50.9 Å². The van der Waals surface area contributed by atoms with Crippen molar-refractivity contribution >= 4 is 11.7 Å². The second-order valence-electron chi connectivity index (χ2n) is 6.46. The summed E-state index contributed by atoms with van der Waals surface area (Å²) >= 11 is 0. The maximum absolute atomic E-state index is 13.2. The number of halogens is 1. The van der Waals surface area contributed by atoms with Gasteiger partial charge >= 0.3 is 6.03 Å². The Morgan fingerprint density at radius 2 is 2.17 bits per heavy atom. The third-order valence-electron chi connectivity index (χ3n) is 5.04. The van der Waals surface area contributed by atoms with Gasteiger partial charge in [0.2, 0.25) is 0 Å². The molecule has 2 fully saturated rings. The number of nitrogens with zero attached hydrogens (tertiary/aromatic N) is 2. The van der Waals surface area contributed by atoms with Crippen LogP contribution in [0.4, 0.5) is 14.9 Å². The van der Waals surface area contributed by atoms with Crippen molar-refractivity contribution in [2.75, 3.05) is 39.1 Å². The highest BCUT2D eigenvalue weighted by molar-refractivity contribution is 5.91. The van der Waals surface area contributed by atoms with Gasteiger partial charge in [0, 0.05) is 25.2 Å². The zero-order valence-electron chi connectivity index (χ0n) is 13.7. The van der Waals surface area contributed by atoms with Crippen LogP contribution in [-0.4, -0.2) is 55.7 Å². The van der Waals surface area contributed by atoms with Crippen LogP contribution in [0.15, 0.2) is 18.2 Å². The SMILES string of the molecule is COc1cc(F)ccc1NC(=O)N1CCC2C(CCCN2C)C1. The molecule has 0 saturated carbocycles. The number of benzene rings is 1. The number of amides is 2. The minimum Gasteiger partial charge on any atom is -0.494 e. The molecule has 2 aliphatic heterocycles. The van der Waals surface area contributed by atoms with E-state index >= 15 is 0 Å². The molecule has 2 atom stereocenters. The fourth-order valence-corrected chi connectivity index (χ4v) is 3.80. The molecule has 5 nitrogen and oxygen atoms in total. The van der Waals surface area contributed by atoms with E-state index in [4.69, 9.17) is 4.74 Å². The summed E-state index contributed by atoms with van der Waals surface area (Å²) in [5.74, 6) is 0.500. The fourth-order valence-electron chi connectivity index (χ4n) is 3.80. The van der Waals surface area contributed by atoms with E-state index in [2.05, 4.69) is 17.3 Å². The average molecular weight is 321 g/mol. The monoisotopic (exact) mass is 321 g/mol.